The van der Waals surface area contributed by atoms with Crippen molar-refractivity contribution in [3.63, 3.8) is 0 Å². The summed E-state index contributed by atoms with van der Waals surface area (Å²) in [5.74, 6) is -1.64. The zero-order valence-electron chi connectivity index (χ0n) is 19.9. The SMILES string of the molecule is CC(C)(C)OC(=O)C(Cc1cc([N+](=O)[O-])ccc1F)CN1CCC2(CC1)OCc1ccccc12. The topological polar surface area (TPSA) is 81.9 Å². The molecule has 2 aliphatic heterocycles. The molecule has 1 atom stereocenters. The number of piperidine rings is 1. The molecule has 34 heavy (non-hydrogen) atoms. The number of halogens is 1. The molecule has 2 aromatic rings. The second kappa shape index (κ2) is 9.43. The van der Waals surface area contributed by atoms with Crippen LogP contribution in [0.4, 0.5) is 10.1 Å². The van der Waals surface area contributed by atoms with Crippen LogP contribution in [-0.2, 0) is 32.9 Å². The van der Waals surface area contributed by atoms with Crippen molar-refractivity contribution in [3.8, 4) is 0 Å². The highest BCUT2D eigenvalue weighted by atomic mass is 19.1. The quantitative estimate of drug-likeness (QED) is 0.344. The molecule has 2 aromatic carbocycles. The average molecular weight is 471 g/mol. The molecule has 0 N–H and O–H groups in total. The minimum Gasteiger partial charge on any atom is -0.460 e. The number of fused-ring (bicyclic) bond motifs is 2. The van der Waals surface area contributed by atoms with Gasteiger partial charge in [-0.15, -0.1) is 0 Å². The van der Waals surface area contributed by atoms with Gasteiger partial charge in [-0.2, -0.15) is 0 Å². The van der Waals surface area contributed by atoms with Crippen LogP contribution in [0, 0.1) is 21.8 Å². The zero-order chi connectivity index (χ0) is 24.5. The molecular formula is C26H31FN2O5. The van der Waals surface area contributed by atoms with E-state index in [-0.39, 0.29) is 23.3 Å². The number of nitrogens with zero attached hydrogens (tertiary/aromatic N) is 2. The van der Waals surface area contributed by atoms with Crippen LogP contribution >= 0.6 is 0 Å². The van der Waals surface area contributed by atoms with Crippen LogP contribution in [0.25, 0.3) is 0 Å². The van der Waals surface area contributed by atoms with E-state index >= 15 is 0 Å². The molecule has 1 saturated heterocycles. The third kappa shape index (κ3) is 5.28. The Morgan fingerprint density at radius 1 is 1.24 bits per heavy atom. The number of non-ortho nitro benzene ring substituents is 1. The van der Waals surface area contributed by atoms with Gasteiger partial charge in [-0.05, 0) is 62.8 Å². The van der Waals surface area contributed by atoms with Crippen LogP contribution in [-0.4, -0.2) is 41.0 Å². The standard InChI is InChI=1S/C26H31FN2O5/c1-25(2,3)34-24(30)20(14-19-15-21(29(31)32)8-9-23(19)27)16-28-12-10-26(11-13-28)22-7-5-4-6-18(22)17-33-26/h4-9,15,20H,10-14,16-17H2,1-3H3. The lowest BCUT2D eigenvalue weighted by atomic mass is 9.83. The van der Waals surface area contributed by atoms with Crippen molar-refractivity contribution in [2.24, 2.45) is 5.92 Å². The van der Waals surface area contributed by atoms with Gasteiger partial charge >= 0.3 is 5.97 Å². The number of nitro groups is 1. The fourth-order valence-electron chi connectivity index (χ4n) is 4.91. The molecule has 0 radical (unpaired) electrons. The van der Waals surface area contributed by atoms with Gasteiger partial charge in [-0.25, -0.2) is 4.39 Å². The highest BCUT2D eigenvalue weighted by Gasteiger charge is 2.43. The lowest BCUT2D eigenvalue weighted by Crippen LogP contribution is -2.46. The van der Waals surface area contributed by atoms with E-state index in [4.69, 9.17) is 9.47 Å². The van der Waals surface area contributed by atoms with Gasteiger partial charge in [0.05, 0.1) is 23.0 Å². The van der Waals surface area contributed by atoms with E-state index in [1.807, 2.05) is 12.1 Å². The maximum absolute atomic E-state index is 14.5. The predicted octanol–water partition coefficient (Wildman–Crippen LogP) is 4.76. The molecule has 7 nitrogen and oxygen atoms in total. The highest BCUT2D eigenvalue weighted by Crippen LogP contribution is 2.44. The minimum atomic E-state index is -0.691. The molecule has 0 aliphatic carbocycles. The van der Waals surface area contributed by atoms with Crippen LogP contribution in [0.3, 0.4) is 0 Å². The first kappa shape index (κ1) is 24.3. The van der Waals surface area contributed by atoms with Gasteiger partial charge in [0.1, 0.15) is 11.4 Å². The smallest absolute Gasteiger partial charge is 0.311 e. The third-order valence-electron chi connectivity index (χ3n) is 6.60. The van der Waals surface area contributed by atoms with Gasteiger partial charge in [0, 0.05) is 31.8 Å². The largest absolute Gasteiger partial charge is 0.460 e. The number of ether oxygens (including phenoxy) is 2. The van der Waals surface area contributed by atoms with Crippen molar-refractivity contribution in [1.29, 1.82) is 0 Å². The summed E-state index contributed by atoms with van der Waals surface area (Å²) in [4.78, 5) is 25.8. The fourth-order valence-corrected chi connectivity index (χ4v) is 4.91. The molecule has 0 amide bonds. The molecule has 182 valence electrons. The van der Waals surface area contributed by atoms with Crippen LogP contribution in [0.15, 0.2) is 42.5 Å². The van der Waals surface area contributed by atoms with Crippen molar-refractivity contribution >= 4 is 11.7 Å². The van der Waals surface area contributed by atoms with Gasteiger partial charge < -0.3 is 14.4 Å². The Hall–Kier alpha value is -2.84. The number of benzene rings is 2. The summed E-state index contributed by atoms with van der Waals surface area (Å²) in [7, 11) is 0. The van der Waals surface area contributed by atoms with Crippen LogP contribution in [0.1, 0.15) is 50.3 Å². The second-order valence-corrected chi connectivity index (χ2v) is 10.2. The van der Waals surface area contributed by atoms with E-state index in [1.165, 1.54) is 17.2 Å². The zero-order valence-corrected chi connectivity index (χ0v) is 19.9. The Morgan fingerprint density at radius 2 is 1.94 bits per heavy atom. The Morgan fingerprint density at radius 3 is 2.62 bits per heavy atom. The van der Waals surface area contributed by atoms with E-state index < -0.39 is 28.2 Å². The minimum absolute atomic E-state index is 0.0312. The fraction of sp³-hybridized carbons (Fsp3) is 0.500. The Bertz CT molecular complexity index is 1070. The molecule has 1 fully saturated rings. The summed E-state index contributed by atoms with van der Waals surface area (Å²) >= 11 is 0. The first-order chi connectivity index (χ1) is 16.1. The number of esters is 1. The highest BCUT2D eigenvalue weighted by molar-refractivity contribution is 5.73. The van der Waals surface area contributed by atoms with E-state index in [1.54, 1.807) is 20.8 Å². The normalized spacial score (nSPS) is 18.5. The first-order valence-electron chi connectivity index (χ1n) is 11.7. The van der Waals surface area contributed by atoms with E-state index in [0.717, 1.165) is 38.1 Å². The van der Waals surface area contributed by atoms with Gasteiger partial charge in [0.2, 0.25) is 0 Å². The van der Waals surface area contributed by atoms with Crippen LogP contribution in [0.2, 0.25) is 0 Å². The monoisotopic (exact) mass is 470 g/mol. The Balaban J connectivity index is 1.49. The molecule has 2 aliphatic rings. The Kier molecular flexibility index (Phi) is 6.73. The van der Waals surface area contributed by atoms with Gasteiger partial charge in [0.25, 0.3) is 5.69 Å². The lowest BCUT2D eigenvalue weighted by molar-refractivity contribution is -0.385. The number of carbonyl (C=O) groups is 1. The number of nitro benzene ring substituents is 1. The van der Waals surface area contributed by atoms with Gasteiger partial charge in [-0.3, -0.25) is 14.9 Å². The molecular weight excluding hydrogens is 439 g/mol. The van der Waals surface area contributed by atoms with Crippen LogP contribution in [0.5, 0.6) is 0 Å². The first-order valence-corrected chi connectivity index (χ1v) is 11.7. The number of hydrogen-bond donors (Lipinski definition) is 0. The maximum atomic E-state index is 14.5. The van der Waals surface area contributed by atoms with Crippen molar-refractivity contribution in [2.45, 2.75) is 57.8 Å². The van der Waals surface area contributed by atoms with E-state index in [9.17, 15) is 19.3 Å². The van der Waals surface area contributed by atoms with Gasteiger partial charge in [-0.1, -0.05) is 24.3 Å². The Labute approximate surface area is 199 Å². The molecule has 1 spiro atoms. The average Bonchev–Trinajstić information content (AvgIpc) is 3.13. The second-order valence-electron chi connectivity index (χ2n) is 10.2. The van der Waals surface area contributed by atoms with Gasteiger partial charge in [0.15, 0.2) is 0 Å². The molecule has 4 rings (SSSR count). The molecule has 0 bridgehead atoms. The molecule has 0 saturated carbocycles. The summed E-state index contributed by atoms with van der Waals surface area (Å²) < 4.78 is 26.4. The lowest BCUT2D eigenvalue weighted by Gasteiger charge is -2.40. The van der Waals surface area contributed by atoms with E-state index in [0.29, 0.717) is 13.2 Å². The number of likely N-dealkylation sites (tertiary alicyclic amines) is 1. The third-order valence-corrected chi connectivity index (χ3v) is 6.60. The number of rotatable bonds is 6. The molecule has 8 heteroatoms. The maximum Gasteiger partial charge on any atom is 0.311 e. The summed E-state index contributed by atoms with van der Waals surface area (Å²) in [6.07, 6.45) is 1.63. The molecule has 0 aromatic heterocycles. The predicted molar refractivity (Wildman–Crippen MR) is 125 cm³/mol. The van der Waals surface area contributed by atoms with Crippen molar-refractivity contribution in [2.75, 3.05) is 19.6 Å². The summed E-state index contributed by atoms with van der Waals surface area (Å²) in [6.45, 7) is 7.81. The van der Waals surface area contributed by atoms with Crippen molar-refractivity contribution in [3.05, 3.63) is 75.1 Å². The molecule has 1 unspecified atom stereocenters. The summed E-state index contributed by atoms with van der Waals surface area (Å²) in [5.41, 5.74) is 1.44. The number of carbonyl (C=O) groups excluding carboxylic acids is 1. The summed E-state index contributed by atoms with van der Waals surface area (Å²) in [6, 6.07) is 11.7. The van der Waals surface area contributed by atoms with Crippen LogP contribution < -0.4 is 0 Å². The number of hydrogen-bond acceptors (Lipinski definition) is 6. The van der Waals surface area contributed by atoms with Crippen molar-refractivity contribution in [1.82, 2.24) is 4.90 Å². The van der Waals surface area contributed by atoms with E-state index in [2.05, 4.69) is 17.0 Å². The van der Waals surface area contributed by atoms with Crippen molar-refractivity contribution < 1.29 is 23.6 Å². The molecule has 2 heterocycles. The summed E-state index contributed by atoms with van der Waals surface area (Å²) in [5, 5.41) is 11.2.